The molecule has 3 aromatic heterocycles. The second-order valence-electron chi connectivity index (χ2n) is 5.93. The van der Waals surface area contributed by atoms with E-state index >= 15 is 0 Å². The molecular weight excluding hydrogens is 338 g/mol. The number of carbonyl (C=O) groups excluding carboxylic acids is 1. The maximum absolute atomic E-state index is 12.2. The van der Waals surface area contributed by atoms with Crippen molar-refractivity contribution in [3.8, 4) is 10.8 Å². The van der Waals surface area contributed by atoms with Gasteiger partial charge in [0.2, 0.25) is 5.89 Å². The summed E-state index contributed by atoms with van der Waals surface area (Å²) < 4.78 is 11.0. The van der Waals surface area contributed by atoms with Crippen LogP contribution in [-0.2, 0) is 11.3 Å². The van der Waals surface area contributed by atoms with Crippen LogP contribution in [0.4, 0.5) is 5.82 Å². The Hall–Kier alpha value is -2.67. The summed E-state index contributed by atoms with van der Waals surface area (Å²) in [6, 6.07) is 7.92. The average Bonchev–Trinajstić information content (AvgIpc) is 3.11. The first kappa shape index (κ1) is 15.8. The topological polar surface area (TPSA) is 77.2 Å². The lowest BCUT2D eigenvalue weighted by atomic mass is 10.3. The lowest BCUT2D eigenvalue weighted by molar-refractivity contribution is 0.0466. The number of anilines is 1. The van der Waals surface area contributed by atoms with Gasteiger partial charge in [0.05, 0.1) is 10.4 Å². The van der Waals surface area contributed by atoms with Gasteiger partial charge in [0.15, 0.2) is 0 Å². The van der Waals surface area contributed by atoms with Crippen molar-refractivity contribution in [2.75, 3.05) is 5.32 Å². The van der Waals surface area contributed by atoms with Gasteiger partial charge in [-0.1, -0.05) is 6.07 Å². The number of rotatable bonds is 6. The summed E-state index contributed by atoms with van der Waals surface area (Å²) in [6.07, 6.45) is 3.88. The number of carbonyl (C=O) groups is 1. The smallest absolute Gasteiger partial charge is 0.340 e. The van der Waals surface area contributed by atoms with Gasteiger partial charge < -0.3 is 14.5 Å². The largest absolute Gasteiger partial charge is 0.455 e. The van der Waals surface area contributed by atoms with Crippen molar-refractivity contribution in [3.05, 3.63) is 52.9 Å². The lowest BCUT2D eigenvalue weighted by Crippen LogP contribution is -2.08. The molecule has 1 aliphatic carbocycles. The molecule has 0 unspecified atom stereocenters. The zero-order chi connectivity index (χ0) is 17.2. The van der Waals surface area contributed by atoms with Crippen LogP contribution in [0.3, 0.4) is 0 Å². The number of esters is 1. The number of pyridine rings is 1. The fourth-order valence-electron chi connectivity index (χ4n) is 2.32. The third kappa shape index (κ3) is 3.71. The molecule has 25 heavy (non-hydrogen) atoms. The van der Waals surface area contributed by atoms with Crippen LogP contribution >= 0.6 is 11.3 Å². The molecule has 0 bridgehead atoms. The molecule has 1 N–H and O–H groups in total. The first-order valence-corrected chi connectivity index (χ1v) is 8.97. The number of nitrogens with zero attached hydrogens (tertiary/aromatic N) is 2. The zero-order valence-electron chi connectivity index (χ0n) is 13.7. The first-order chi connectivity index (χ1) is 12.2. The molecule has 0 aliphatic heterocycles. The Morgan fingerprint density at radius 3 is 2.96 bits per heavy atom. The third-order valence-electron chi connectivity index (χ3n) is 3.89. The highest BCUT2D eigenvalue weighted by atomic mass is 32.1. The van der Waals surface area contributed by atoms with E-state index in [2.05, 4.69) is 15.3 Å². The Kier molecular flexibility index (Phi) is 4.23. The summed E-state index contributed by atoms with van der Waals surface area (Å²) in [5, 5.41) is 5.24. The van der Waals surface area contributed by atoms with E-state index < -0.39 is 5.97 Å². The molecule has 4 rings (SSSR count). The van der Waals surface area contributed by atoms with Crippen LogP contribution in [0.5, 0.6) is 0 Å². The Morgan fingerprint density at radius 1 is 1.40 bits per heavy atom. The Labute approximate surface area is 148 Å². The van der Waals surface area contributed by atoms with Crippen molar-refractivity contribution in [1.29, 1.82) is 0 Å². The molecular formula is C18H17N3O3S. The molecule has 0 saturated heterocycles. The fourth-order valence-corrected chi connectivity index (χ4v) is 2.97. The van der Waals surface area contributed by atoms with E-state index in [-0.39, 0.29) is 6.61 Å². The SMILES string of the molecule is Cc1oc(-c2cccs2)nc1COC(=O)c1ccc(NC2CC2)nc1. The molecule has 7 heteroatoms. The maximum atomic E-state index is 12.2. The van der Waals surface area contributed by atoms with Crippen LogP contribution in [0.1, 0.15) is 34.7 Å². The van der Waals surface area contributed by atoms with Crippen molar-refractivity contribution in [2.45, 2.75) is 32.4 Å². The minimum atomic E-state index is -0.425. The number of hydrogen-bond donors (Lipinski definition) is 1. The van der Waals surface area contributed by atoms with E-state index in [0.29, 0.717) is 29.0 Å². The van der Waals surface area contributed by atoms with Crippen LogP contribution in [0.25, 0.3) is 10.8 Å². The predicted octanol–water partition coefficient (Wildman–Crippen LogP) is 4.04. The summed E-state index contributed by atoms with van der Waals surface area (Å²) in [5.74, 6) is 1.56. The monoisotopic (exact) mass is 355 g/mol. The highest BCUT2D eigenvalue weighted by Crippen LogP contribution is 2.26. The molecule has 1 saturated carbocycles. The molecule has 0 spiro atoms. The molecule has 0 amide bonds. The van der Waals surface area contributed by atoms with Crippen molar-refractivity contribution in [2.24, 2.45) is 0 Å². The van der Waals surface area contributed by atoms with Crippen molar-refractivity contribution < 1.29 is 13.9 Å². The van der Waals surface area contributed by atoms with Crippen LogP contribution in [-0.4, -0.2) is 22.0 Å². The van der Waals surface area contributed by atoms with Crippen LogP contribution in [0, 0.1) is 6.92 Å². The number of thiophene rings is 1. The van der Waals surface area contributed by atoms with Gasteiger partial charge in [-0.15, -0.1) is 11.3 Å². The van der Waals surface area contributed by atoms with Gasteiger partial charge in [0.25, 0.3) is 0 Å². The van der Waals surface area contributed by atoms with E-state index in [4.69, 9.17) is 9.15 Å². The normalized spacial score (nSPS) is 13.6. The van der Waals surface area contributed by atoms with Gasteiger partial charge in [-0.2, -0.15) is 0 Å². The summed E-state index contributed by atoms with van der Waals surface area (Å²) in [5.41, 5.74) is 1.04. The molecule has 0 radical (unpaired) electrons. The number of oxazole rings is 1. The summed E-state index contributed by atoms with van der Waals surface area (Å²) in [6.45, 7) is 1.88. The van der Waals surface area contributed by atoms with Crippen LogP contribution < -0.4 is 5.32 Å². The molecule has 3 aromatic rings. The average molecular weight is 355 g/mol. The summed E-state index contributed by atoms with van der Waals surface area (Å²) >= 11 is 1.55. The minimum Gasteiger partial charge on any atom is -0.455 e. The molecule has 6 nitrogen and oxygen atoms in total. The number of nitrogens with one attached hydrogen (secondary N) is 1. The zero-order valence-corrected chi connectivity index (χ0v) is 14.5. The van der Waals surface area contributed by atoms with Gasteiger partial charge in [-0.05, 0) is 43.3 Å². The first-order valence-electron chi connectivity index (χ1n) is 8.09. The highest BCUT2D eigenvalue weighted by Gasteiger charge is 2.21. The Morgan fingerprint density at radius 2 is 2.28 bits per heavy atom. The Balaban J connectivity index is 1.38. The van der Waals surface area contributed by atoms with Gasteiger partial charge in [-0.25, -0.2) is 14.8 Å². The fraction of sp³-hybridized carbons (Fsp3) is 0.278. The molecule has 3 heterocycles. The number of hydrogen-bond acceptors (Lipinski definition) is 7. The standard InChI is InChI=1S/C18H17N3O3S/c1-11-14(21-17(24-11)15-3-2-8-25-15)10-23-18(22)12-4-7-16(19-9-12)20-13-5-6-13/h2-4,7-9,13H,5-6,10H2,1H3,(H,19,20). The maximum Gasteiger partial charge on any atom is 0.340 e. The summed E-state index contributed by atoms with van der Waals surface area (Å²) in [7, 11) is 0. The molecule has 0 atom stereocenters. The van der Waals surface area contributed by atoms with E-state index in [1.54, 1.807) is 23.5 Å². The Bertz CT molecular complexity index is 868. The predicted molar refractivity (Wildman–Crippen MR) is 94.6 cm³/mol. The van der Waals surface area contributed by atoms with Gasteiger partial charge >= 0.3 is 5.97 Å². The second-order valence-corrected chi connectivity index (χ2v) is 6.87. The van der Waals surface area contributed by atoms with Gasteiger partial charge in [0, 0.05) is 12.2 Å². The van der Waals surface area contributed by atoms with E-state index in [9.17, 15) is 4.79 Å². The van der Waals surface area contributed by atoms with E-state index in [1.807, 2.05) is 24.4 Å². The lowest BCUT2D eigenvalue weighted by Gasteiger charge is -2.05. The van der Waals surface area contributed by atoms with Crippen molar-refractivity contribution >= 4 is 23.1 Å². The van der Waals surface area contributed by atoms with E-state index in [1.165, 1.54) is 19.0 Å². The summed E-state index contributed by atoms with van der Waals surface area (Å²) in [4.78, 5) is 21.8. The third-order valence-corrected chi connectivity index (χ3v) is 4.75. The quantitative estimate of drug-likeness (QED) is 0.673. The molecule has 128 valence electrons. The number of ether oxygens (including phenoxy) is 1. The van der Waals surface area contributed by atoms with E-state index in [0.717, 1.165) is 10.7 Å². The molecule has 1 aliphatic rings. The minimum absolute atomic E-state index is 0.0710. The van der Waals surface area contributed by atoms with Crippen molar-refractivity contribution in [1.82, 2.24) is 9.97 Å². The number of aryl methyl sites for hydroxylation is 1. The molecule has 0 aromatic carbocycles. The van der Waals surface area contributed by atoms with Gasteiger partial charge in [0.1, 0.15) is 23.9 Å². The van der Waals surface area contributed by atoms with Crippen molar-refractivity contribution in [3.63, 3.8) is 0 Å². The molecule has 1 fully saturated rings. The number of aromatic nitrogens is 2. The van der Waals surface area contributed by atoms with Crippen LogP contribution in [0.15, 0.2) is 40.3 Å². The second kappa shape index (κ2) is 6.68. The highest BCUT2D eigenvalue weighted by molar-refractivity contribution is 7.13. The van der Waals surface area contributed by atoms with Crippen LogP contribution in [0.2, 0.25) is 0 Å². The van der Waals surface area contributed by atoms with Gasteiger partial charge in [-0.3, -0.25) is 0 Å².